The van der Waals surface area contributed by atoms with Crippen molar-refractivity contribution in [2.24, 2.45) is 0 Å². The van der Waals surface area contributed by atoms with Crippen LogP contribution >= 0.6 is 0 Å². The topological polar surface area (TPSA) is 69.6 Å². The van der Waals surface area contributed by atoms with Crippen molar-refractivity contribution in [3.8, 4) is 0 Å². The maximum Gasteiger partial charge on any atom is 0.419 e. The third kappa shape index (κ3) is 2.58. The van der Waals surface area contributed by atoms with Crippen molar-refractivity contribution in [1.82, 2.24) is 4.90 Å². The highest BCUT2D eigenvalue weighted by Crippen LogP contribution is 2.37. The minimum atomic E-state index is -4.89. The van der Waals surface area contributed by atoms with E-state index in [9.17, 15) is 27.2 Å². The van der Waals surface area contributed by atoms with Gasteiger partial charge in [-0.1, -0.05) is 0 Å². The summed E-state index contributed by atoms with van der Waals surface area (Å²) >= 11 is 0. The van der Waals surface area contributed by atoms with E-state index in [1.54, 1.807) is 0 Å². The number of hydrogen-bond donors (Lipinski definition) is 2. The molecule has 2 rings (SSSR count). The van der Waals surface area contributed by atoms with Crippen molar-refractivity contribution >= 4 is 17.7 Å². The van der Waals surface area contributed by atoms with Crippen LogP contribution < -0.4 is 5.32 Å². The van der Waals surface area contributed by atoms with Crippen LogP contribution in [-0.4, -0.2) is 27.5 Å². The molecule has 0 aromatic heterocycles. The molecule has 0 spiro atoms. The van der Waals surface area contributed by atoms with Gasteiger partial charge in [0, 0.05) is 5.69 Å². The first-order valence-corrected chi connectivity index (χ1v) is 6.16. The number of carboxylic acids is 1. The lowest BCUT2D eigenvalue weighted by molar-refractivity contribution is -0.147. The number of carbonyl (C=O) groups excluding carboxylic acids is 1. The average Bonchev–Trinajstić information content (AvgIpc) is 2.36. The number of rotatable bonds is 2. The second-order valence-electron chi connectivity index (χ2n) is 5.37. The average molecular weight is 320 g/mol. The van der Waals surface area contributed by atoms with Crippen LogP contribution in [0.25, 0.3) is 0 Å². The van der Waals surface area contributed by atoms with Gasteiger partial charge < -0.3 is 15.3 Å². The van der Waals surface area contributed by atoms with E-state index < -0.39 is 35.1 Å². The van der Waals surface area contributed by atoms with Gasteiger partial charge in [0.2, 0.25) is 0 Å². The van der Waals surface area contributed by atoms with Crippen LogP contribution in [0.5, 0.6) is 0 Å². The SMILES string of the molecule is CC(C)(C(=O)O)N1Cc2cc(F)c(C(F)(F)F)cc2NC1=O. The van der Waals surface area contributed by atoms with E-state index in [4.69, 9.17) is 5.11 Å². The van der Waals surface area contributed by atoms with Crippen LogP contribution in [0, 0.1) is 5.82 Å². The number of hydrogen-bond acceptors (Lipinski definition) is 2. The fourth-order valence-electron chi connectivity index (χ4n) is 2.07. The predicted octanol–water partition coefficient (Wildman–Crippen LogP) is 3.06. The zero-order chi connectivity index (χ0) is 16.9. The molecular weight excluding hydrogens is 308 g/mol. The Kier molecular flexibility index (Phi) is 3.54. The first-order valence-electron chi connectivity index (χ1n) is 6.16. The molecule has 5 nitrogen and oxygen atoms in total. The zero-order valence-electron chi connectivity index (χ0n) is 11.6. The second-order valence-corrected chi connectivity index (χ2v) is 5.37. The van der Waals surface area contributed by atoms with Gasteiger partial charge in [0.25, 0.3) is 0 Å². The molecule has 2 amide bonds. The molecule has 0 unspecified atom stereocenters. The molecule has 120 valence electrons. The molecule has 9 heteroatoms. The van der Waals surface area contributed by atoms with Gasteiger partial charge in [-0.15, -0.1) is 0 Å². The summed E-state index contributed by atoms with van der Waals surface area (Å²) in [4.78, 5) is 24.0. The van der Waals surface area contributed by atoms with Gasteiger partial charge in [-0.2, -0.15) is 13.2 Å². The highest BCUT2D eigenvalue weighted by atomic mass is 19.4. The molecule has 1 aromatic carbocycles. The summed E-state index contributed by atoms with van der Waals surface area (Å²) in [7, 11) is 0. The number of alkyl halides is 3. The summed E-state index contributed by atoms with van der Waals surface area (Å²) in [5.74, 6) is -2.77. The van der Waals surface area contributed by atoms with Gasteiger partial charge in [0.1, 0.15) is 11.4 Å². The molecule has 1 aliphatic rings. The smallest absolute Gasteiger partial charge is 0.419 e. The van der Waals surface area contributed by atoms with Crippen LogP contribution in [0.15, 0.2) is 12.1 Å². The van der Waals surface area contributed by atoms with Gasteiger partial charge in [0.15, 0.2) is 0 Å². The summed E-state index contributed by atoms with van der Waals surface area (Å²) in [5, 5.41) is 11.3. The minimum absolute atomic E-state index is 0.0689. The highest BCUT2D eigenvalue weighted by Gasteiger charge is 2.42. The Bertz CT molecular complexity index is 655. The van der Waals surface area contributed by atoms with Crippen molar-refractivity contribution in [3.05, 3.63) is 29.1 Å². The van der Waals surface area contributed by atoms with Crippen molar-refractivity contribution in [2.45, 2.75) is 32.1 Å². The first kappa shape index (κ1) is 16.1. The number of halogens is 4. The Morgan fingerprint density at radius 3 is 2.41 bits per heavy atom. The predicted molar refractivity (Wildman–Crippen MR) is 67.7 cm³/mol. The number of benzene rings is 1. The summed E-state index contributed by atoms with van der Waals surface area (Å²) in [5.41, 5.74) is -3.20. The van der Waals surface area contributed by atoms with Crippen LogP contribution in [0.4, 0.5) is 28.0 Å². The van der Waals surface area contributed by atoms with E-state index in [0.717, 1.165) is 4.90 Å². The first-order chi connectivity index (χ1) is 9.94. The summed E-state index contributed by atoms with van der Waals surface area (Å²) < 4.78 is 51.5. The number of nitrogens with one attached hydrogen (secondary N) is 1. The fraction of sp³-hybridized carbons (Fsp3) is 0.385. The minimum Gasteiger partial charge on any atom is -0.480 e. The third-order valence-corrected chi connectivity index (χ3v) is 3.51. The summed E-state index contributed by atoms with van der Waals surface area (Å²) in [6.07, 6.45) is -4.89. The number of anilines is 1. The number of nitrogens with zero attached hydrogens (tertiary/aromatic N) is 1. The van der Waals surface area contributed by atoms with Crippen LogP contribution in [-0.2, 0) is 17.5 Å². The number of carbonyl (C=O) groups is 2. The second kappa shape index (κ2) is 4.85. The summed E-state index contributed by atoms with van der Waals surface area (Å²) in [6, 6.07) is 0.301. The van der Waals surface area contributed by atoms with Crippen molar-refractivity contribution in [3.63, 3.8) is 0 Å². The summed E-state index contributed by atoms with van der Waals surface area (Å²) in [6.45, 7) is 2.22. The molecule has 2 N–H and O–H groups in total. The molecule has 0 radical (unpaired) electrons. The van der Waals surface area contributed by atoms with Crippen molar-refractivity contribution in [1.29, 1.82) is 0 Å². The van der Waals surface area contributed by atoms with Gasteiger partial charge in [0.05, 0.1) is 12.1 Å². The fourth-order valence-corrected chi connectivity index (χ4v) is 2.07. The lowest BCUT2D eigenvalue weighted by Gasteiger charge is -2.38. The number of carboxylic acid groups (broad SMARTS) is 1. The van der Waals surface area contributed by atoms with Crippen LogP contribution in [0.3, 0.4) is 0 Å². The molecule has 0 bridgehead atoms. The van der Waals surface area contributed by atoms with E-state index in [1.165, 1.54) is 13.8 Å². The Morgan fingerprint density at radius 2 is 1.91 bits per heavy atom. The van der Waals surface area contributed by atoms with Gasteiger partial charge in [-0.25, -0.2) is 14.0 Å². The maximum atomic E-state index is 13.6. The highest BCUT2D eigenvalue weighted by molar-refractivity contribution is 5.96. The molecule has 1 aliphatic heterocycles. The molecule has 1 aromatic rings. The monoisotopic (exact) mass is 320 g/mol. The standard InChI is InChI=1S/C13H12F4N2O3/c1-12(2,10(20)21)19-5-6-3-8(14)7(13(15,16)17)4-9(6)18-11(19)22/h3-4H,5H2,1-2H3,(H,18,22)(H,20,21). The van der Waals surface area contributed by atoms with E-state index in [2.05, 4.69) is 5.32 Å². The number of amides is 2. The lowest BCUT2D eigenvalue weighted by atomic mass is 9.99. The molecule has 0 saturated heterocycles. The number of aliphatic carboxylic acids is 1. The Balaban J connectivity index is 2.46. The van der Waals surface area contributed by atoms with Gasteiger partial charge in [-0.3, -0.25) is 0 Å². The largest absolute Gasteiger partial charge is 0.480 e. The van der Waals surface area contributed by atoms with Crippen LogP contribution in [0.2, 0.25) is 0 Å². The number of urea groups is 1. The molecule has 1 heterocycles. The Hall–Kier alpha value is -2.32. The van der Waals surface area contributed by atoms with E-state index in [1.807, 2.05) is 0 Å². The van der Waals surface area contributed by atoms with Crippen molar-refractivity contribution < 1.29 is 32.3 Å². The Labute approximate surface area is 122 Å². The molecular formula is C13H12F4N2O3. The third-order valence-electron chi connectivity index (χ3n) is 3.51. The van der Waals surface area contributed by atoms with E-state index in [-0.39, 0.29) is 17.8 Å². The normalized spacial score (nSPS) is 15.4. The molecule has 0 fully saturated rings. The molecule has 0 aliphatic carbocycles. The van der Waals surface area contributed by atoms with Crippen molar-refractivity contribution in [2.75, 3.05) is 5.32 Å². The van der Waals surface area contributed by atoms with Gasteiger partial charge in [-0.05, 0) is 31.5 Å². The molecule has 0 saturated carbocycles. The molecule has 22 heavy (non-hydrogen) atoms. The van der Waals surface area contributed by atoms with E-state index >= 15 is 0 Å². The quantitative estimate of drug-likeness (QED) is 0.823. The Morgan fingerprint density at radius 1 is 1.32 bits per heavy atom. The lowest BCUT2D eigenvalue weighted by Crippen LogP contribution is -2.55. The van der Waals surface area contributed by atoms with Gasteiger partial charge >= 0.3 is 18.2 Å². The van der Waals surface area contributed by atoms with Crippen LogP contribution in [0.1, 0.15) is 25.0 Å². The molecule has 0 atom stereocenters. The number of fused-ring (bicyclic) bond motifs is 1. The van der Waals surface area contributed by atoms with E-state index in [0.29, 0.717) is 12.1 Å². The maximum absolute atomic E-state index is 13.6. The zero-order valence-corrected chi connectivity index (χ0v) is 11.6.